The van der Waals surface area contributed by atoms with Gasteiger partial charge in [0.15, 0.2) is 5.96 Å². The second-order valence-corrected chi connectivity index (χ2v) is 4.39. The number of halogens is 1. The number of hydrogen-bond donors (Lipinski definition) is 1. The van der Waals surface area contributed by atoms with Crippen molar-refractivity contribution >= 4 is 11.6 Å². The Labute approximate surface area is 101 Å². The molecule has 0 fully saturated rings. The van der Waals surface area contributed by atoms with Crippen LogP contribution in [0.15, 0.2) is 29.3 Å². The molecule has 1 aromatic carbocycles. The lowest BCUT2D eigenvalue weighted by Gasteiger charge is -2.38. The number of aliphatic imine (C=N–C) groups is 1. The number of nitrogens with zero attached hydrogens (tertiary/aromatic N) is 2. The smallest absolute Gasteiger partial charge is 0.196 e. The van der Waals surface area contributed by atoms with Gasteiger partial charge < -0.3 is 10.6 Å². The first-order chi connectivity index (χ1) is 8.14. The molecule has 1 aromatic rings. The molecule has 2 rings (SSSR count). The van der Waals surface area contributed by atoms with E-state index in [1.807, 2.05) is 11.0 Å². The highest BCUT2D eigenvalue weighted by Crippen LogP contribution is 2.34. The molecule has 0 saturated heterocycles. The van der Waals surface area contributed by atoms with Crippen molar-refractivity contribution in [3.8, 4) is 0 Å². The van der Waals surface area contributed by atoms with Crippen molar-refractivity contribution in [3.05, 3.63) is 30.1 Å². The standard InChI is InChI=1S/C13H18FN3/c1-3-13(4-2)9-16-12(15)17(13)11-8-6-5-7-10(11)14/h5-8H,3-4,9H2,1-2H3,(H2,15,16). The van der Waals surface area contributed by atoms with Crippen molar-refractivity contribution in [2.75, 3.05) is 11.4 Å². The summed E-state index contributed by atoms with van der Waals surface area (Å²) in [5.41, 5.74) is 6.26. The minimum absolute atomic E-state index is 0.174. The maximum atomic E-state index is 13.9. The van der Waals surface area contributed by atoms with Crippen LogP contribution in [0.2, 0.25) is 0 Å². The van der Waals surface area contributed by atoms with Crippen LogP contribution in [-0.4, -0.2) is 18.0 Å². The highest BCUT2D eigenvalue weighted by atomic mass is 19.1. The minimum Gasteiger partial charge on any atom is -0.369 e. The molecule has 0 saturated carbocycles. The SMILES string of the molecule is CCC1(CC)CN=C(N)N1c1ccccc1F. The van der Waals surface area contributed by atoms with E-state index in [4.69, 9.17) is 5.73 Å². The van der Waals surface area contributed by atoms with Gasteiger partial charge in [-0.1, -0.05) is 26.0 Å². The fourth-order valence-corrected chi connectivity index (χ4v) is 2.41. The molecule has 0 aromatic heterocycles. The van der Waals surface area contributed by atoms with Crippen LogP contribution in [0.4, 0.5) is 10.1 Å². The van der Waals surface area contributed by atoms with Gasteiger partial charge in [0.2, 0.25) is 0 Å². The number of nitrogens with two attached hydrogens (primary N) is 1. The van der Waals surface area contributed by atoms with Gasteiger partial charge in [-0.05, 0) is 25.0 Å². The van der Waals surface area contributed by atoms with Crippen LogP contribution in [0.3, 0.4) is 0 Å². The molecular weight excluding hydrogens is 217 g/mol. The number of hydrogen-bond acceptors (Lipinski definition) is 3. The molecule has 2 N–H and O–H groups in total. The van der Waals surface area contributed by atoms with E-state index in [0.717, 1.165) is 12.8 Å². The molecule has 1 aliphatic heterocycles. The Balaban J connectivity index is 2.48. The van der Waals surface area contributed by atoms with Gasteiger partial charge in [0.25, 0.3) is 0 Å². The van der Waals surface area contributed by atoms with Crippen molar-refractivity contribution in [3.63, 3.8) is 0 Å². The summed E-state index contributed by atoms with van der Waals surface area (Å²) >= 11 is 0. The highest BCUT2D eigenvalue weighted by molar-refractivity contribution is 5.98. The van der Waals surface area contributed by atoms with E-state index in [2.05, 4.69) is 18.8 Å². The van der Waals surface area contributed by atoms with Crippen molar-refractivity contribution in [2.24, 2.45) is 10.7 Å². The molecule has 0 aliphatic carbocycles. The van der Waals surface area contributed by atoms with Gasteiger partial charge >= 0.3 is 0 Å². The predicted molar refractivity (Wildman–Crippen MR) is 68.7 cm³/mol. The van der Waals surface area contributed by atoms with Gasteiger partial charge in [-0.2, -0.15) is 0 Å². The fourth-order valence-electron chi connectivity index (χ4n) is 2.41. The van der Waals surface area contributed by atoms with Gasteiger partial charge in [0.1, 0.15) is 5.82 Å². The average molecular weight is 235 g/mol. The van der Waals surface area contributed by atoms with Crippen molar-refractivity contribution < 1.29 is 4.39 Å². The summed E-state index contributed by atoms with van der Waals surface area (Å²) in [6.07, 6.45) is 1.78. The van der Waals surface area contributed by atoms with Crippen molar-refractivity contribution in [1.29, 1.82) is 0 Å². The Kier molecular flexibility index (Phi) is 3.05. The van der Waals surface area contributed by atoms with Crippen LogP contribution >= 0.6 is 0 Å². The molecule has 0 spiro atoms. The summed E-state index contributed by atoms with van der Waals surface area (Å²) in [4.78, 5) is 6.13. The molecule has 92 valence electrons. The van der Waals surface area contributed by atoms with Gasteiger partial charge in [-0.15, -0.1) is 0 Å². The number of guanidine groups is 1. The van der Waals surface area contributed by atoms with E-state index < -0.39 is 0 Å². The van der Waals surface area contributed by atoms with Gasteiger partial charge in [0.05, 0.1) is 17.8 Å². The third-order valence-electron chi connectivity index (χ3n) is 3.65. The summed E-state index contributed by atoms with van der Waals surface area (Å²) in [5, 5.41) is 0. The topological polar surface area (TPSA) is 41.6 Å². The molecule has 1 aliphatic rings. The second kappa shape index (κ2) is 4.35. The molecular formula is C13H18FN3. The van der Waals surface area contributed by atoms with E-state index in [1.54, 1.807) is 12.1 Å². The third-order valence-corrected chi connectivity index (χ3v) is 3.65. The summed E-state index contributed by atoms with van der Waals surface area (Å²) < 4.78 is 13.9. The third kappa shape index (κ3) is 1.77. The van der Waals surface area contributed by atoms with Crippen LogP contribution in [0, 0.1) is 5.82 Å². The molecule has 3 nitrogen and oxygen atoms in total. The first-order valence-corrected chi connectivity index (χ1v) is 5.99. The Hall–Kier alpha value is -1.58. The molecule has 0 radical (unpaired) electrons. The molecule has 0 bridgehead atoms. The largest absolute Gasteiger partial charge is 0.369 e. The summed E-state index contributed by atoms with van der Waals surface area (Å²) in [6.45, 7) is 4.82. The summed E-state index contributed by atoms with van der Waals surface area (Å²) in [5.74, 6) is 0.164. The zero-order chi connectivity index (χ0) is 12.5. The Morgan fingerprint density at radius 2 is 2.00 bits per heavy atom. The normalized spacial score (nSPS) is 18.3. The van der Waals surface area contributed by atoms with Crippen molar-refractivity contribution in [1.82, 2.24) is 0 Å². The molecule has 0 amide bonds. The minimum atomic E-state index is -0.251. The molecule has 17 heavy (non-hydrogen) atoms. The lowest BCUT2D eigenvalue weighted by Crippen LogP contribution is -2.51. The quantitative estimate of drug-likeness (QED) is 0.874. The number of para-hydroxylation sites is 1. The predicted octanol–water partition coefficient (Wildman–Crippen LogP) is 2.52. The lowest BCUT2D eigenvalue weighted by molar-refractivity contribution is 0.422. The van der Waals surface area contributed by atoms with Crippen LogP contribution in [0.5, 0.6) is 0 Å². The van der Waals surface area contributed by atoms with Gasteiger partial charge in [0, 0.05) is 0 Å². The first kappa shape index (κ1) is 11.9. The van der Waals surface area contributed by atoms with Gasteiger partial charge in [-0.3, -0.25) is 4.99 Å². The molecule has 0 unspecified atom stereocenters. The van der Waals surface area contributed by atoms with Crippen LogP contribution in [0.1, 0.15) is 26.7 Å². The fraction of sp³-hybridized carbons (Fsp3) is 0.462. The van der Waals surface area contributed by atoms with E-state index >= 15 is 0 Å². The van der Waals surface area contributed by atoms with Crippen LogP contribution in [0.25, 0.3) is 0 Å². The Morgan fingerprint density at radius 3 is 2.59 bits per heavy atom. The Bertz CT molecular complexity index is 438. The first-order valence-electron chi connectivity index (χ1n) is 5.99. The highest BCUT2D eigenvalue weighted by Gasteiger charge is 2.41. The number of anilines is 1. The van der Waals surface area contributed by atoms with Gasteiger partial charge in [-0.25, -0.2) is 4.39 Å². The maximum absolute atomic E-state index is 13.9. The van der Waals surface area contributed by atoms with Crippen molar-refractivity contribution in [2.45, 2.75) is 32.2 Å². The summed E-state index contributed by atoms with van der Waals surface area (Å²) in [7, 11) is 0. The van der Waals surface area contributed by atoms with E-state index in [-0.39, 0.29) is 11.4 Å². The van der Waals surface area contributed by atoms with E-state index in [0.29, 0.717) is 18.2 Å². The van der Waals surface area contributed by atoms with Crippen LogP contribution < -0.4 is 10.6 Å². The monoisotopic (exact) mass is 235 g/mol. The lowest BCUT2D eigenvalue weighted by atomic mass is 9.91. The second-order valence-electron chi connectivity index (χ2n) is 4.39. The average Bonchev–Trinajstić information content (AvgIpc) is 2.68. The molecule has 4 heteroatoms. The maximum Gasteiger partial charge on any atom is 0.196 e. The molecule has 0 atom stereocenters. The zero-order valence-electron chi connectivity index (χ0n) is 10.3. The Morgan fingerprint density at radius 1 is 1.35 bits per heavy atom. The summed E-state index contributed by atoms with van der Waals surface area (Å²) in [6, 6.07) is 6.71. The van der Waals surface area contributed by atoms with E-state index in [1.165, 1.54) is 6.07 Å². The zero-order valence-corrected chi connectivity index (χ0v) is 10.3. The van der Waals surface area contributed by atoms with E-state index in [9.17, 15) is 4.39 Å². The number of rotatable bonds is 3. The van der Waals surface area contributed by atoms with Crippen LogP contribution in [-0.2, 0) is 0 Å². The molecule has 1 heterocycles. The number of benzene rings is 1.